The summed E-state index contributed by atoms with van der Waals surface area (Å²) in [5.74, 6) is -0.602. The van der Waals surface area contributed by atoms with E-state index < -0.39 is 17.1 Å². The smallest absolute Gasteiger partial charge is 0.335 e. The number of nitrogens with zero attached hydrogens (tertiary/aromatic N) is 2. The van der Waals surface area contributed by atoms with Crippen molar-refractivity contribution in [2.24, 2.45) is 4.99 Å². The van der Waals surface area contributed by atoms with Crippen LogP contribution in [0.1, 0.15) is 30.0 Å². The van der Waals surface area contributed by atoms with Crippen LogP contribution < -0.4 is 27.1 Å². The maximum absolute atomic E-state index is 12.7. The minimum absolute atomic E-state index is 0.0703. The molecule has 0 fully saturated rings. The van der Waals surface area contributed by atoms with E-state index in [0.717, 1.165) is 31.8 Å². The van der Waals surface area contributed by atoms with Gasteiger partial charge in [-0.15, -0.1) is 0 Å². The first kappa shape index (κ1) is 22.0. The Kier molecular flexibility index (Phi) is 5.83. The highest BCUT2D eigenvalue weighted by molar-refractivity contribution is 5.77. The molecule has 1 amide bonds. The van der Waals surface area contributed by atoms with Gasteiger partial charge in [0.05, 0.1) is 16.7 Å². The molecule has 33 heavy (non-hydrogen) atoms. The summed E-state index contributed by atoms with van der Waals surface area (Å²) in [6.45, 7) is 5.60. The zero-order chi connectivity index (χ0) is 23.7. The standard InChI is InChI=1S/C25H24N4O4/c1-14-7-4-5-10-21(14)29-24(32)19(23(31)28-25(29)33)13-20-17(11-12-26-16(3)30)18-9-6-8-15(2)22(18)27-20/h4-10,13,32H,11-12H2,1-3H3,(H,26,30)(H,28,31,33)/b20-13-. The highest BCUT2D eigenvalue weighted by Crippen LogP contribution is 2.25. The molecule has 8 heteroatoms. The van der Waals surface area contributed by atoms with E-state index in [-0.39, 0.29) is 11.5 Å². The fourth-order valence-corrected chi connectivity index (χ4v) is 3.97. The Bertz CT molecular complexity index is 1540. The minimum atomic E-state index is -0.730. The number of fused-ring (bicyclic) bond motifs is 1. The predicted molar refractivity (Wildman–Crippen MR) is 126 cm³/mol. The summed E-state index contributed by atoms with van der Waals surface area (Å²) in [6.07, 6.45) is 1.98. The molecule has 3 aromatic rings. The topological polar surface area (TPSA) is 117 Å². The van der Waals surface area contributed by atoms with Crippen LogP contribution >= 0.6 is 0 Å². The number of benzene rings is 2. The van der Waals surface area contributed by atoms with Crippen LogP contribution in [0.5, 0.6) is 5.88 Å². The van der Waals surface area contributed by atoms with Crippen molar-refractivity contribution in [1.82, 2.24) is 14.9 Å². The SMILES string of the molecule is CC(=O)NCCC1=c2cccc(C)c2=N/C1=C\c1c(O)n(-c2ccccc2C)c(=O)[nH]c1=O. The number of aromatic nitrogens is 2. The predicted octanol–water partition coefficient (Wildman–Crippen LogP) is 1.20. The summed E-state index contributed by atoms with van der Waals surface area (Å²) in [5.41, 5.74) is 2.03. The number of hydrogen-bond donors (Lipinski definition) is 3. The number of amides is 1. The van der Waals surface area contributed by atoms with Crippen LogP contribution in [-0.4, -0.2) is 27.1 Å². The van der Waals surface area contributed by atoms with Gasteiger partial charge in [-0.25, -0.2) is 14.4 Å². The van der Waals surface area contributed by atoms with E-state index in [4.69, 9.17) is 4.99 Å². The zero-order valence-corrected chi connectivity index (χ0v) is 18.6. The van der Waals surface area contributed by atoms with E-state index in [1.54, 1.807) is 12.1 Å². The normalized spacial score (nSPS) is 13.7. The summed E-state index contributed by atoms with van der Waals surface area (Å²) >= 11 is 0. The van der Waals surface area contributed by atoms with Gasteiger partial charge in [0.25, 0.3) is 5.56 Å². The number of hydrogen-bond acceptors (Lipinski definition) is 5. The lowest BCUT2D eigenvalue weighted by atomic mass is 10.0. The van der Waals surface area contributed by atoms with E-state index in [9.17, 15) is 19.5 Å². The van der Waals surface area contributed by atoms with Gasteiger partial charge in [0.15, 0.2) is 0 Å². The molecule has 168 valence electrons. The fraction of sp³-hybridized carbons (Fsp3) is 0.200. The molecule has 1 aliphatic rings. The third kappa shape index (κ3) is 4.15. The van der Waals surface area contributed by atoms with Crippen LogP contribution in [0.3, 0.4) is 0 Å². The molecule has 2 aromatic carbocycles. The molecule has 0 unspecified atom stereocenters. The van der Waals surface area contributed by atoms with Gasteiger partial charge < -0.3 is 10.4 Å². The summed E-state index contributed by atoms with van der Waals surface area (Å²) < 4.78 is 1.08. The van der Waals surface area contributed by atoms with Gasteiger partial charge in [-0.3, -0.25) is 14.6 Å². The van der Waals surface area contributed by atoms with Gasteiger partial charge in [-0.1, -0.05) is 36.4 Å². The summed E-state index contributed by atoms with van der Waals surface area (Å²) in [4.78, 5) is 43.6. The van der Waals surface area contributed by atoms with Crippen LogP contribution in [0.15, 0.2) is 62.7 Å². The van der Waals surface area contributed by atoms with Gasteiger partial charge in [0, 0.05) is 18.7 Å². The molecule has 0 bridgehead atoms. The van der Waals surface area contributed by atoms with Gasteiger partial charge in [-0.05, 0) is 49.1 Å². The Morgan fingerprint density at radius 2 is 1.85 bits per heavy atom. The van der Waals surface area contributed by atoms with Crippen molar-refractivity contribution >= 4 is 17.6 Å². The number of aromatic hydroxyl groups is 1. The Labute approximate surface area is 189 Å². The number of para-hydroxylation sites is 2. The number of aryl methyl sites for hydroxylation is 2. The number of carbonyl (C=O) groups excluding carboxylic acids is 1. The highest BCUT2D eigenvalue weighted by atomic mass is 16.3. The molecule has 0 spiro atoms. The summed E-state index contributed by atoms with van der Waals surface area (Å²) in [6, 6.07) is 12.9. The summed E-state index contributed by atoms with van der Waals surface area (Å²) in [7, 11) is 0. The number of nitrogens with one attached hydrogen (secondary N) is 2. The maximum atomic E-state index is 12.7. The fourth-order valence-electron chi connectivity index (χ4n) is 3.97. The molecule has 0 saturated heterocycles. The zero-order valence-electron chi connectivity index (χ0n) is 18.6. The van der Waals surface area contributed by atoms with Crippen molar-refractivity contribution in [2.75, 3.05) is 6.54 Å². The van der Waals surface area contributed by atoms with Crippen LogP contribution in [-0.2, 0) is 4.79 Å². The molecular weight excluding hydrogens is 420 g/mol. The van der Waals surface area contributed by atoms with E-state index >= 15 is 0 Å². The Morgan fingerprint density at radius 1 is 1.12 bits per heavy atom. The Hall–Kier alpha value is -4.20. The van der Waals surface area contributed by atoms with Gasteiger partial charge in [0.1, 0.15) is 5.56 Å². The van der Waals surface area contributed by atoms with Crippen LogP contribution in [0.25, 0.3) is 17.3 Å². The molecule has 0 atom stereocenters. The first-order chi connectivity index (χ1) is 15.8. The maximum Gasteiger partial charge on any atom is 0.335 e. The van der Waals surface area contributed by atoms with Gasteiger partial charge in [0.2, 0.25) is 11.8 Å². The molecule has 0 aliphatic carbocycles. The number of H-pyrrole nitrogens is 1. The number of rotatable bonds is 5. The van der Waals surface area contributed by atoms with Crippen LogP contribution in [0, 0.1) is 13.8 Å². The van der Waals surface area contributed by atoms with Crippen molar-refractivity contribution in [3.8, 4) is 11.6 Å². The second-order valence-corrected chi connectivity index (χ2v) is 7.94. The van der Waals surface area contributed by atoms with Crippen molar-refractivity contribution in [3.63, 3.8) is 0 Å². The molecule has 0 radical (unpaired) electrons. The third-order valence-electron chi connectivity index (χ3n) is 5.61. The second kappa shape index (κ2) is 8.74. The number of aromatic amines is 1. The van der Waals surface area contributed by atoms with Crippen LogP contribution in [0.4, 0.5) is 0 Å². The Balaban J connectivity index is 1.91. The molecule has 8 nitrogen and oxygen atoms in total. The highest BCUT2D eigenvalue weighted by Gasteiger charge is 2.19. The average Bonchev–Trinajstić information content (AvgIpc) is 3.11. The second-order valence-electron chi connectivity index (χ2n) is 7.94. The van der Waals surface area contributed by atoms with Crippen molar-refractivity contribution in [2.45, 2.75) is 27.2 Å². The first-order valence-corrected chi connectivity index (χ1v) is 10.6. The average molecular weight is 444 g/mol. The lowest BCUT2D eigenvalue weighted by Gasteiger charge is -2.12. The van der Waals surface area contributed by atoms with Crippen molar-refractivity contribution in [1.29, 1.82) is 0 Å². The van der Waals surface area contributed by atoms with E-state index in [0.29, 0.717) is 24.4 Å². The van der Waals surface area contributed by atoms with E-state index in [2.05, 4.69) is 10.3 Å². The third-order valence-corrected chi connectivity index (χ3v) is 5.61. The van der Waals surface area contributed by atoms with Crippen molar-refractivity contribution in [3.05, 3.63) is 96.3 Å². The quantitative estimate of drug-likeness (QED) is 0.548. The number of allylic oxidation sites excluding steroid dienone is 1. The molecule has 3 N–H and O–H groups in total. The largest absolute Gasteiger partial charge is 0.494 e. The van der Waals surface area contributed by atoms with E-state index in [1.165, 1.54) is 13.0 Å². The molecule has 0 saturated carbocycles. The van der Waals surface area contributed by atoms with Crippen LogP contribution in [0.2, 0.25) is 0 Å². The number of carbonyl (C=O) groups is 1. The first-order valence-electron chi connectivity index (χ1n) is 10.6. The molecular formula is C25H24N4O4. The van der Waals surface area contributed by atoms with E-state index in [1.807, 2.05) is 44.2 Å². The monoisotopic (exact) mass is 444 g/mol. The van der Waals surface area contributed by atoms with Gasteiger partial charge in [-0.2, -0.15) is 0 Å². The molecule has 4 rings (SSSR count). The van der Waals surface area contributed by atoms with Gasteiger partial charge >= 0.3 is 5.69 Å². The minimum Gasteiger partial charge on any atom is -0.494 e. The molecule has 2 heterocycles. The lowest BCUT2D eigenvalue weighted by molar-refractivity contribution is -0.118. The Morgan fingerprint density at radius 3 is 2.58 bits per heavy atom. The summed E-state index contributed by atoms with van der Waals surface area (Å²) in [5, 5.41) is 15.5. The lowest BCUT2D eigenvalue weighted by Crippen LogP contribution is -2.30. The van der Waals surface area contributed by atoms with Crippen molar-refractivity contribution < 1.29 is 9.90 Å². The molecule has 1 aliphatic heterocycles. The molecule has 1 aromatic heterocycles.